The molecule has 1 radical (unpaired) electrons. The second kappa shape index (κ2) is 5.28. The molecule has 0 heterocycles. The van der Waals surface area contributed by atoms with Crippen LogP contribution in [-0.2, 0) is 26.9 Å². The minimum atomic E-state index is -4.64. The molecule has 0 amide bonds. The fourth-order valence-electron chi connectivity index (χ4n) is 0. The first-order valence-corrected chi connectivity index (χ1v) is 2.35. The number of rotatable bonds is 0. The third-order valence-electron chi connectivity index (χ3n) is 0. The Morgan fingerprint density at radius 1 is 1.14 bits per heavy atom. The van der Waals surface area contributed by atoms with E-state index in [2.05, 4.69) is 0 Å². The van der Waals surface area contributed by atoms with Crippen molar-refractivity contribution >= 4 is 20.2 Å². The Morgan fingerprint density at radius 2 is 1.14 bits per heavy atom. The van der Waals surface area contributed by atoms with Crippen LogP contribution in [0.2, 0.25) is 0 Å². The minimum Gasteiger partial charge on any atom is -0.303 e. The van der Waals surface area contributed by atoms with Gasteiger partial charge in [0.2, 0.25) is 0 Å². The van der Waals surface area contributed by atoms with Gasteiger partial charge in [0.25, 0.3) is 0 Å². The van der Waals surface area contributed by atoms with Gasteiger partial charge in [-0.3, -0.25) is 0 Å². The van der Waals surface area contributed by atoms with Gasteiger partial charge in [-0.05, 0) is 0 Å². The monoisotopic (exact) mass is 241 g/mol. The molecule has 7 heavy (non-hydrogen) atoms. The Labute approximate surface area is 62.1 Å². The van der Waals surface area contributed by atoms with E-state index < -0.39 is 7.82 Å². The summed E-state index contributed by atoms with van der Waals surface area (Å²) in [6.45, 7) is 0. The van der Waals surface area contributed by atoms with Crippen LogP contribution in [0.15, 0.2) is 0 Å². The maximum atomic E-state index is 8.88. The zero-order valence-corrected chi connectivity index (χ0v) is 6.10. The second-order valence-corrected chi connectivity index (χ2v) is 1.54. The molecule has 0 rings (SSSR count). The van der Waals surface area contributed by atoms with Crippen LogP contribution in [0.1, 0.15) is 0 Å². The molecule has 0 atom stereocenters. The molecule has 0 aliphatic carbocycles. The molecule has 0 aromatic rings. The van der Waals surface area contributed by atoms with Crippen molar-refractivity contribution < 1.29 is 41.6 Å². The van der Waals surface area contributed by atoms with Crippen molar-refractivity contribution in [1.29, 1.82) is 0 Å². The van der Waals surface area contributed by atoms with E-state index in [1.165, 1.54) is 0 Å². The van der Waals surface area contributed by atoms with E-state index in [4.69, 9.17) is 19.2 Å². The summed E-state index contributed by atoms with van der Waals surface area (Å²) in [7, 11) is -4.64. The molecule has 7 heteroatoms. The quantitative estimate of drug-likeness (QED) is 0.395. The molecule has 3 N–H and O–H groups in total. The first kappa shape index (κ1) is 15.7. The van der Waals surface area contributed by atoms with Gasteiger partial charge in [0.05, 0.1) is 0 Å². The van der Waals surface area contributed by atoms with E-state index in [1.54, 1.807) is 0 Å². The standard InChI is InChI=1S/Ag.ClH.H3O4P/c;;1-5(2,3)4/h;1H;(H3,1,2,3,4). The molecule has 0 aromatic heterocycles. The summed E-state index contributed by atoms with van der Waals surface area (Å²) in [6.07, 6.45) is 0. The molecule has 0 bridgehead atoms. The molecule has 0 fully saturated rings. The van der Waals surface area contributed by atoms with Crippen molar-refractivity contribution in [3.8, 4) is 0 Å². The first-order chi connectivity index (χ1) is 2.00. The fourth-order valence-corrected chi connectivity index (χ4v) is 0. The Hall–Kier alpha value is 1.14. The first-order valence-electron chi connectivity index (χ1n) is 0.783. The summed E-state index contributed by atoms with van der Waals surface area (Å²) in [5, 5.41) is 0. The number of phosphoric acid groups is 1. The maximum absolute atomic E-state index is 8.88. The summed E-state index contributed by atoms with van der Waals surface area (Å²) in [5.41, 5.74) is 0. The number of hydrogen-bond acceptors (Lipinski definition) is 1. The van der Waals surface area contributed by atoms with Gasteiger partial charge in [-0.2, -0.15) is 0 Å². The van der Waals surface area contributed by atoms with Gasteiger partial charge >= 0.3 is 7.82 Å². The minimum absolute atomic E-state index is 0. The summed E-state index contributed by atoms with van der Waals surface area (Å²) >= 11 is 0. The molecule has 0 aromatic carbocycles. The van der Waals surface area contributed by atoms with E-state index in [-0.39, 0.29) is 34.8 Å². The molecule has 0 saturated heterocycles. The van der Waals surface area contributed by atoms with Crippen LogP contribution >= 0.6 is 20.2 Å². The van der Waals surface area contributed by atoms with Crippen molar-refractivity contribution in [3.63, 3.8) is 0 Å². The molecule has 0 spiro atoms. The molecule has 0 unspecified atom stereocenters. The van der Waals surface area contributed by atoms with Crippen molar-refractivity contribution in [1.82, 2.24) is 0 Å². The molecule has 51 valence electrons. The Morgan fingerprint density at radius 3 is 1.14 bits per heavy atom. The predicted molar refractivity (Wildman–Crippen MR) is 21.5 cm³/mol. The third-order valence-corrected chi connectivity index (χ3v) is 0. The van der Waals surface area contributed by atoms with Crippen LogP contribution in [-0.4, -0.2) is 14.7 Å². The van der Waals surface area contributed by atoms with Gasteiger partial charge < -0.3 is 14.7 Å². The Balaban J connectivity index is -0.0000000800. The Bertz CT molecular complexity index is 57.8. The smallest absolute Gasteiger partial charge is 0.303 e. The van der Waals surface area contributed by atoms with Crippen LogP contribution < -0.4 is 0 Å². The summed E-state index contributed by atoms with van der Waals surface area (Å²) in [6, 6.07) is 0. The fraction of sp³-hybridized carbons (Fsp3) is 0. The predicted octanol–water partition coefficient (Wildman–Crippen LogP) is -0.509. The van der Waals surface area contributed by atoms with Crippen molar-refractivity contribution in [2.24, 2.45) is 0 Å². The second-order valence-electron chi connectivity index (χ2n) is 0.513. The Kier molecular flexibility index (Phi) is 11.8. The maximum Gasteiger partial charge on any atom is 0.466 e. The third kappa shape index (κ3) is 145. The average molecular weight is 242 g/mol. The number of hydrogen-bond donors (Lipinski definition) is 3. The van der Waals surface area contributed by atoms with Gasteiger partial charge in [0.1, 0.15) is 0 Å². The van der Waals surface area contributed by atoms with Crippen molar-refractivity contribution in [2.45, 2.75) is 0 Å². The summed E-state index contributed by atoms with van der Waals surface area (Å²) in [4.78, 5) is 21.6. The van der Waals surface area contributed by atoms with Gasteiger partial charge in [0.15, 0.2) is 0 Å². The van der Waals surface area contributed by atoms with Gasteiger partial charge in [-0.1, -0.05) is 0 Å². The normalized spacial score (nSPS) is 8.43. The molecular weight excluding hydrogens is 238 g/mol. The van der Waals surface area contributed by atoms with Crippen LogP contribution in [0.3, 0.4) is 0 Å². The van der Waals surface area contributed by atoms with Crippen LogP contribution in [0.4, 0.5) is 0 Å². The van der Waals surface area contributed by atoms with Crippen molar-refractivity contribution in [3.05, 3.63) is 0 Å². The van der Waals surface area contributed by atoms with Crippen LogP contribution in [0.25, 0.3) is 0 Å². The molecular formula is H4AgClO4P. The zero-order valence-electron chi connectivity index (χ0n) is 2.91. The van der Waals surface area contributed by atoms with E-state index in [0.29, 0.717) is 0 Å². The summed E-state index contributed by atoms with van der Waals surface area (Å²) < 4.78 is 8.88. The molecule has 0 aliphatic rings. The molecule has 0 aliphatic heterocycles. The molecule has 0 saturated carbocycles. The van der Waals surface area contributed by atoms with E-state index in [0.717, 1.165) is 0 Å². The van der Waals surface area contributed by atoms with E-state index in [1.807, 2.05) is 0 Å². The SMILES string of the molecule is Cl.O=P(O)(O)O.[Ag]. The van der Waals surface area contributed by atoms with E-state index in [9.17, 15) is 0 Å². The summed E-state index contributed by atoms with van der Waals surface area (Å²) in [5.74, 6) is 0. The zero-order chi connectivity index (χ0) is 4.50. The number of halogens is 1. The largest absolute Gasteiger partial charge is 0.466 e. The topological polar surface area (TPSA) is 77.8 Å². The van der Waals surface area contributed by atoms with Crippen LogP contribution in [0.5, 0.6) is 0 Å². The van der Waals surface area contributed by atoms with Crippen molar-refractivity contribution in [2.75, 3.05) is 0 Å². The van der Waals surface area contributed by atoms with Gasteiger partial charge in [-0.25, -0.2) is 4.57 Å². The van der Waals surface area contributed by atoms with Crippen LogP contribution in [0, 0.1) is 0 Å². The van der Waals surface area contributed by atoms with Gasteiger partial charge in [-0.15, -0.1) is 12.4 Å². The average Bonchev–Trinajstić information content (AvgIpc) is 0.722. The van der Waals surface area contributed by atoms with E-state index >= 15 is 0 Å². The molecule has 4 nitrogen and oxygen atoms in total. The van der Waals surface area contributed by atoms with Gasteiger partial charge in [0, 0.05) is 22.4 Å².